The zero-order chi connectivity index (χ0) is 13.8. The lowest BCUT2D eigenvalue weighted by Gasteiger charge is -2.15. The van der Waals surface area contributed by atoms with Gasteiger partial charge >= 0.3 is 0 Å². The Labute approximate surface area is 121 Å². The third-order valence-corrected chi connectivity index (χ3v) is 3.48. The number of nitrogens with zero attached hydrogens (tertiary/aromatic N) is 4. The first-order valence-electron chi connectivity index (χ1n) is 6.33. The topological polar surface area (TPSA) is 55.6 Å². The van der Waals surface area contributed by atoms with Gasteiger partial charge < -0.3 is 5.32 Å². The summed E-state index contributed by atoms with van der Waals surface area (Å²) in [5, 5.41) is 15.3. The van der Waals surface area contributed by atoms with E-state index >= 15 is 0 Å². The smallest absolute Gasteiger partial charge is 0.165 e. The fourth-order valence-corrected chi connectivity index (χ4v) is 2.07. The van der Waals surface area contributed by atoms with Gasteiger partial charge in [0.05, 0.1) is 12.6 Å². The van der Waals surface area contributed by atoms with Crippen molar-refractivity contribution in [3.63, 3.8) is 0 Å². The maximum atomic E-state index is 4.10. The lowest BCUT2D eigenvalue weighted by molar-refractivity contribution is 0.490. The summed E-state index contributed by atoms with van der Waals surface area (Å²) in [5.41, 5.74) is 1.18. The van der Waals surface area contributed by atoms with E-state index in [1.807, 2.05) is 16.8 Å². The van der Waals surface area contributed by atoms with Gasteiger partial charge in [0, 0.05) is 10.5 Å². The Hall–Kier alpha value is -1.27. The van der Waals surface area contributed by atoms with Gasteiger partial charge in [0.1, 0.15) is 0 Å². The van der Waals surface area contributed by atoms with Crippen LogP contribution in [0, 0.1) is 0 Å². The molecule has 5 nitrogen and oxygen atoms in total. The lowest BCUT2D eigenvalue weighted by Crippen LogP contribution is -2.25. The quantitative estimate of drug-likeness (QED) is 0.918. The molecule has 1 heterocycles. The molecule has 0 aliphatic carbocycles. The van der Waals surface area contributed by atoms with Crippen molar-refractivity contribution in [1.29, 1.82) is 0 Å². The first-order valence-corrected chi connectivity index (χ1v) is 7.13. The van der Waals surface area contributed by atoms with Crippen molar-refractivity contribution in [3.8, 4) is 0 Å². The van der Waals surface area contributed by atoms with E-state index in [9.17, 15) is 0 Å². The first-order chi connectivity index (χ1) is 9.08. The molecule has 1 aromatic heterocycles. The number of hydrogen-bond acceptors (Lipinski definition) is 4. The lowest BCUT2D eigenvalue weighted by atomic mass is 10.1. The van der Waals surface area contributed by atoms with Crippen LogP contribution in [-0.4, -0.2) is 26.2 Å². The fraction of sp³-hybridized carbons (Fsp3) is 0.462. The molecule has 19 heavy (non-hydrogen) atoms. The van der Waals surface area contributed by atoms with Crippen LogP contribution in [0.5, 0.6) is 0 Å². The van der Waals surface area contributed by atoms with Gasteiger partial charge in [-0.3, -0.25) is 0 Å². The number of hydrogen-bond donors (Lipinski definition) is 1. The van der Waals surface area contributed by atoms with Gasteiger partial charge in [-0.1, -0.05) is 41.9 Å². The van der Waals surface area contributed by atoms with E-state index in [1.165, 1.54) is 5.56 Å². The summed E-state index contributed by atoms with van der Waals surface area (Å²) in [6, 6.07) is 8.75. The molecule has 0 fully saturated rings. The zero-order valence-electron chi connectivity index (χ0n) is 11.3. The van der Waals surface area contributed by atoms with Gasteiger partial charge in [-0.25, -0.2) is 4.68 Å². The number of aromatic nitrogens is 4. The SMILES string of the molecule is CC(C)NCc1nnnn1C(C)c1ccc(Br)cc1. The molecule has 1 unspecified atom stereocenters. The molecule has 0 aliphatic heterocycles. The normalized spacial score (nSPS) is 12.9. The van der Waals surface area contributed by atoms with Crippen LogP contribution in [-0.2, 0) is 6.54 Å². The zero-order valence-corrected chi connectivity index (χ0v) is 12.9. The van der Waals surface area contributed by atoms with Gasteiger partial charge in [0.2, 0.25) is 0 Å². The van der Waals surface area contributed by atoms with Crippen molar-refractivity contribution in [3.05, 3.63) is 40.1 Å². The summed E-state index contributed by atoms with van der Waals surface area (Å²) >= 11 is 3.44. The van der Waals surface area contributed by atoms with Crippen molar-refractivity contribution in [2.24, 2.45) is 0 Å². The minimum absolute atomic E-state index is 0.118. The van der Waals surface area contributed by atoms with E-state index in [2.05, 4.69) is 69.7 Å². The van der Waals surface area contributed by atoms with Crippen LogP contribution in [0.1, 0.15) is 38.2 Å². The second-order valence-corrected chi connectivity index (χ2v) is 5.72. The maximum Gasteiger partial charge on any atom is 0.165 e. The molecule has 0 saturated heterocycles. The Balaban J connectivity index is 2.17. The predicted octanol–water partition coefficient (Wildman–Crippen LogP) is 2.54. The molecule has 2 aromatic rings. The van der Waals surface area contributed by atoms with Crippen LogP contribution in [0.25, 0.3) is 0 Å². The van der Waals surface area contributed by atoms with Crippen LogP contribution in [0.15, 0.2) is 28.7 Å². The molecule has 0 saturated carbocycles. The summed E-state index contributed by atoms with van der Waals surface area (Å²) in [4.78, 5) is 0. The third-order valence-electron chi connectivity index (χ3n) is 2.95. The maximum absolute atomic E-state index is 4.10. The summed E-state index contributed by atoms with van der Waals surface area (Å²) in [5.74, 6) is 0.851. The molecular weight excluding hydrogens is 306 g/mol. The molecule has 0 spiro atoms. The number of rotatable bonds is 5. The molecule has 0 amide bonds. The number of benzene rings is 1. The molecule has 1 aromatic carbocycles. The number of tetrazole rings is 1. The summed E-state index contributed by atoms with van der Waals surface area (Å²) < 4.78 is 2.93. The van der Waals surface area contributed by atoms with E-state index in [1.54, 1.807) is 0 Å². The Kier molecular flexibility index (Phi) is 4.66. The van der Waals surface area contributed by atoms with Gasteiger partial charge in [-0.15, -0.1) is 5.10 Å². The molecule has 6 heteroatoms. The molecule has 0 aliphatic rings. The van der Waals surface area contributed by atoms with Crippen LogP contribution < -0.4 is 5.32 Å². The van der Waals surface area contributed by atoms with Crippen molar-refractivity contribution < 1.29 is 0 Å². The highest BCUT2D eigenvalue weighted by Crippen LogP contribution is 2.20. The van der Waals surface area contributed by atoms with Crippen LogP contribution in [0.2, 0.25) is 0 Å². The van der Waals surface area contributed by atoms with E-state index in [4.69, 9.17) is 0 Å². The standard InChI is InChI=1S/C13H18BrN5/c1-9(2)15-8-13-16-17-18-19(13)10(3)11-4-6-12(14)7-5-11/h4-7,9-10,15H,8H2,1-3H3. The predicted molar refractivity (Wildman–Crippen MR) is 77.7 cm³/mol. The summed E-state index contributed by atoms with van der Waals surface area (Å²) in [6.45, 7) is 6.97. The highest BCUT2D eigenvalue weighted by Gasteiger charge is 2.14. The summed E-state index contributed by atoms with van der Waals surface area (Å²) in [7, 11) is 0. The van der Waals surface area contributed by atoms with Gasteiger partial charge in [-0.05, 0) is 35.0 Å². The van der Waals surface area contributed by atoms with Gasteiger partial charge in [0.25, 0.3) is 0 Å². The molecule has 102 valence electrons. The number of halogens is 1. The number of nitrogens with one attached hydrogen (secondary N) is 1. The fourth-order valence-electron chi connectivity index (χ4n) is 1.81. The third kappa shape index (κ3) is 3.61. The van der Waals surface area contributed by atoms with Crippen LogP contribution in [0.3, 0.4) is 0 Å². The molecule has 0 radical (unpaired) electrons. The second kappa shape index (κ2) is 6.25. The van der Waals surface area contributed by atoms with E-state index in [-0.39, 0.29) is 6.04 Å². The Morgan fingerprint density at radius 1 is 1.21 bits per heavy atom. The van der Waals surface area contributed by atoms with E-state index < -0.39 is 0 Å². The van der Waals surface area contributed by atoms with E-state index in [0.29, 0.717) is 12.6 Å². The second-order valence-electron chi connectivity index (χ2n) is 4.80. The van der Waals surface area contributed by atoms with E-state index in [0.717, 1.165) is 10.3 Å². The average Bonchev–Trinajstić information content (AvgIpc) is 2.84. The van der Waals surface area contributed by atoms with Crippen molar-refractivity contribution in [2.75, 3.05) is 0 Å². The van der Waals surface area contributed by atoms with Crippen LogP contribution in [0.4, 0.5) is 0 Å². The molecular formula is C13H18BrN5. The first kappa shape index (κ1) is 14.1. The molecule has 1 N–H and O–H groups in total. The van der Waals surface area contributed by atoms with Gasteiger partial charge in [0.15, 0.2) is 5.82 Å². The van der Waals surface area contributed by atoms with Gasteiger partial charge in [-0.2, -0.15) is 0 Å². The van der Waals surface area contributed by atoms with Crippen molar-refractivity contribution in [2.45, 2.75) is 39.4 Å². The highest BCUT2D eigenvalue weighted by atomic mass is 79.9. The monoisotopic (exact) mass is 323 g/mol. The Morgan fingerprint density at radius 3 is 2.53 bits per heavy atom. The molecule has 0 bridgehead atoms. The van der Waals surface area contributed by atoms with Crippen molar-refractivity contribution in [1.82, 2.24) is 25.5 Å². The largest absolute Gasteiger partial charge is 0.308 e. The molecule has 2 rings (SSSR count). The summed E-state index contributed by atoms with van der Waals surface area (Å²) in [6.07, 6.45) is 0. The molecule has 1 atom stereocenters. The minimum Gasteiger partial charge on any atom is -0.308 e. The highest BCUT2D eigenvalue weighted by molar-refractivity contribution is 9.10. The minimum atomic E-state index is 0.118. The average molecular weight is 324 g/mol. The van der Waals surface area contributed by atoms with Crippen LogP contribution >= 0.6 is 15.9 Å². The Bertz CT molecular complexity index is 520. The van der Waals surface area contributed by atoms with Crippen molar-refractivity contribution >= 4 is 15.9 Å². The Morgan fingerprint density at radius 2 is 1.89 bits per heavy atom.